The number of aliphatic hydroxyl groups is 1. The fraction of sp³-hybridized carbons (Fsp3) is 0.625. The molecule has 0 aliphatic heterocycles. The van der Waals surface area contributed by atoms with Gasteiger partial charge in [-0.1, -0.05) is 32.9 Å². The van der Waals surface area contributed by atoms with Crippen molar-refractivity contribution >= 4 is 0 Å². The summed E-state index contributed by atoms with van der Waals surface area (Å²) >= 11 is 0. The van der Waals surface area contributed by atoms with Crippen molar-refractivity contribution < 1.29 is 9.50 Å². The number of rotatable bonds is 2. The van der Waals surface area contributed by atoms with Crippen molar-refractivity contribution in [2.75, 3.05) is 0 Å². The van der Waals surface area contributed by atoms with Gasteiger partial charge >= 0.3 is 0 Å². The molecule has 0 amide bonds. The Balaban J connectivity index is 2.13. The maximum Gasteiger partial charge on any atom is 0.123 e. The van der Waals surface area contributed by atoms with E-state index < -0.39 is 5.60 Å². The van der Waals surface area contributed by atoms with Crippen LogP contribution in [0.3, 0.4) is 0 Å². The van der Waals surface area contributed by atoms with Gasteiger partial charge in [-0.05, 0) is 48.3 Å². The molecule has 18 heavy (non-hydrogen) atoms. The van der Waals surface area contributed by atoms with Crippen LogP contribution in [0.25, 0.3) is 0 Å². The molecule has 0 saturated heterocycles. The first-order valence-electron chi connectivity index (χ1n) is 6.75. The summed E-state index contributed by atoms with van der Waals surface area (Å²) in [5.74, 6) is 0.322. The molecular formula is C16H23FO. The molecule has 2 heteroatoms. The fourth-order valence-corrected chi connectivity index (χ4v) is 3.82. The van der Waals surface area contributed by atoms with Crippen LogP contribution in [0.1, 0.15) is 45.6 Å². The van der Waals surface area contributed by atoms with E-state index in [1.54, 1.807) is 12.1 Å². The minimum Gasteiger partial charge on any atom is -0.390 e. The number of hydrogen-bond donors (Lipinski definition) is 1. The Morgan fingerprint density at radius 3 is 2.39 bits per heavy atom. The summed E-state index contributed by atoms with van der Waals surface area (Å²) in [6.07, 6.45) is 3.45. The topological polar surface area (TPSA) is 20.2 Å². The lowest BCUT2D eigenvalue weighted by molar-refractivity contribution is -0.0574. The quantitative estimate of drug-likeness (QED) is 0.842. The van der Waals surface area contributed by atoms with Gasteiger partial charge in [0.15, 0.2) is 0 Å². The summed E-state index contributed by atoms with van der Waals surface area (Å²) in [7, 11) is 0. The first-order valence-corrected chi connectivity index (χ1v) is 6.75. The average molecular weight is 250 g/mol. The van der Waals surface area contributed by atoms with E-state index >= 15 is 0 Å². The molecule has 0 radical (unpaired) electrons. The third kappa shape index (κ3) is 3.32. The largest absolute Gasteiger partial charge is 0.390 e. The van der Waals surface area contributed by atoms with Crippen LogP contribution in [0.15, 0.2) is 24.3 Å². The van der Waals surface area contributed by atoms with Gasteiger partial charge in [-0.15, -0.1) is 0 Å². The van der Waals surface area contributed by atoms with Crippen LogP contribution in [0.4, 0.5) is 4.39 Å². The van der Waals surface area contributed by atoms with Gasteiger partial charge in [-0.25, -0.2) is 4.39 Å². The smallest absolute Gasteiger partial charge is 0.123 e. The van der Waals surface area contributed by atoms with Gasteiger partial charge in [0.25, 0.3) is 0 Å². The Hall–Kier alpha value is -0.890. The standard InChI is InChI=1S/C16H23FO/c1-12-8-15(2,3)11-16(18,9-12)10-13-4-6-14(17)7-5-13/h4-7,12,18H,8-11H2,1-3H3. The average Bonchev–Trinajstić information content (AvgIpc) is 2.17. The molecule has 100 valence electrons. The molecule has 0 bridgehead atoms. The highest BCUT2D eigenvalue weighted by molar-refractivity contribution is 5.19. The fourth-order valence-electron chi connectivity index (χ4n) is 3.82. The van der Waals surface area contributed by atoms with Crippen LogP contribution in [-0.4, -0.2) is 10.7 Å². The normalized spacial score (nSPS) is 31.3. The van der Waals surface area contributed by atoms with Gasteiger partial charge in [0, 0.05) is 6.42 Å². The highest BCUT2D eigenvalue weighted by Crippen LogP contribution is 2.45. The van der Waals surface area contributed by atoms with Crippen molar-refractivity contribution in [1.29, 1.82) is 0 Å². The molecular weight excluding hydrogens is 227 g/mol. The van der Waals surface area contributed by atoms with E-state index in [9.17, 15) is 9.50 Å². The zero-order valence-electron chi connectivity index (χ0n) is 11.5. The van der Waals surface area contributed by atoms with Crippen LogP contribution in [0.5, 0.6) is 0 Å². The predicted octanol–water partition coefficient (Wildman–Crippen LogP) is 3.95. The Morgan fingerprint density at radius 1 is 1.22 bits per heavy atom. The van der Waals surface area contributed by atoms with E-state index in [1.165, 1.54) is 18.6 Å². The third-order valence-corrected chi connectivity index (χ3v) is 3.88. The van der Waals surface area contributed by atoms with Crippen molar-refractivity contribution in [2.24, 2.45) is 11.3 Å². The number of halogens is 1. The monoisotopic (exact) mass is 250 g/mol. The second-order valence-electron chi connectivity index (χ2n) is 6.88. The molecule has 2 unspecified atom stereocenters. The van der Waals surface area contributed by atoms with Crippen molar-refractivity contribution in [3.8, 4) is 0 Å². The number of benzene rings is 1. The second kappa shape index (κ2) is 4.65. The van der Waals surface area contributed by atoms with E-state index in [2.05, 4.69) is 20.8 Å². The summed E-state index contributed by atoms with van der Waals surface area (Å²) in [5, 5.41) is 10.8. The van der Waals surface area contributed by atoms with Crippen LogP contribution in [-0.2, 0) is 6.42 Å². The zero-order chi connectivity index (χ0) is 13.4. The predicted molar refractivity (Wildman–Crippen MR) is 71.8 cm³/mol. The van der Waals surface area contributed by atoms with Crippen molar-refractivity contribution in [3.05, 3.63) is 35.6 Å². The Morgan fingerprint density at radius 2 is 1.83 bits per heavy atom. The van der Waals surface area contributed by atoms with Crippen LogP contribution >= 0.6 is 0 Å². The van der Waals surface area contributed by atoms with Crippen molar-refractivity contribution in [3.63, 3.8) is 0 Å². The van der Waals surface area contributed by atoms with Crippen LogP contribution < -0.4 is 0 Å². The molecule has 2 atom stereocenters. The van der Waals surface area contributed by atoms with Gasteiger partial charge in [0.2, 0.25) is 0 Å². The summed E-state index contributed by atoms with van der Waals surface area (Å²) in [4.78, 5) is 0. The molecule has 1 aliphatic carbocycles. The molecule has 1 aliphatic rings. The molecule has 1 fully saturated rings. The van der Waals surface area contributed by atoms with Gasteiger partial charge in [0.05, 0.1) is 5.60 Å². The Bertz CT molecular complexity index is 410. The van der Waals surface area contributed by atoms with Crippen molar-refractivity contribution in [1.82, 2.24) is 0 Å². The molecule has 1 aromatic carbocycles. The molecule has 0 aromatic heterocycles. The molecule has 1 N–H and O–H groups in total. The molecule has 2 rings (SSSR count). The van der Waals surface area contributed by atoms with Crippen LogP contribution in [0, 0.1) is 17.2 Å². The summed E-state index contributed by atoms with van der Waals surface area (Å²) in [6.45, 7) is 6.65. The zero-order valence-corrected chi connectivity index (χ0v) is 11.5. The van der Waals surface area contributed by atoms with E-state index in [-0.39, 0.29) is 11.2 Å². The SMILES string of the molecule is CC1CC(C)(C)CC(O)(Cc2ccc(F)cc2)C1. The van der Waals surface area contributed by atoms with Crippen LogP contribution in [0.2, 0.25) is 0 Å². The minimum absolute atomic E-state index is 0.187. The minimum atomic E-state index is -0.640. The Kier molecular flexibility index (Phi) is 3.50. The lowest BCUT2D eigenvalue weighted by atomic mass is 9.64. The first kappa shape index (κ1) is 13.5. The molecule has 1 saturated carbocycles. The van der Waals surface area contributed by atoms with Gasteiger partial charge in [-0.2, -0.15) is 0 Å². The third-order valence-electron chi connectivity index (χ3n) is 3.88. The second-order valence-corrected chi connectivity index (χ2v) is 6.88. The van der Waals surface area contributed by atoms with Gasteiger partial charge in [-0.3, -0.25) is 0 Å². The summed E-state index contributed by atoms with van der Waals surface area (Å²) < 4.78 is 12.9. The van der Waals surface area contributed by atoms with E-state index in [4.69, 9.17) is 0 Å². The summed E-state index contributed by atoms with van der Waals surface area (Å²) in [5.41, 5.74) is 0.564. The van der Waals surface area contributed by atoms with Gasteiger partial charge in [0.1, 0.15) is 5.82 Å². The number of hydrogen-bond acceptors (Lipinski definition) is 1. The van der Waals surface area contributed by atoms with E-state index in [1.807, 2.05) is 0 Å². The lowest BCUT2D eigenvalue weighted by Gasteiger charge is -2.44. The summed E-state index contributed by atoms with van der Waals surface area (Å²) in [6, 6.07) is 6.49. The maximum atomic E-state index is 12.9. The lowest BCUT2D eigenvalue weighted by Crippen LogP contribution is -2.43. The van der Waals surface area contributed by atoms with E-state index in [0.717, 1.165) is 18.4 Å². The van der Waals surface area contributed by atoms with E-state index in [0.29, 0.717) is 12.3 Å². The highest BCUT2D eigenvalue weighted by atomic mass is 19.1. The Labute approximate surface area is 109 Å². The van der Waals surface area contributed by atoms with Crippen molar-refractivity contribution in [2.45, 2.75) is 52.1 Å². The molecule has 0 spiro atoms. The maximum absolute atomic E-state index is 12.9. The molecule has 1 nitrogen and oxygen atoms in total. The van der Waals surface area contributed by atoms with Gasteiger partial charge < -0.3 is 5.11 Å². The molecule has 1 aromatic rings. The highest BCUT2D eigenvalue weighted by Gasteiger charge is 2.41. The molecule has 0 heterocycles. The first-order chi connectivity index (χ1) is 8.28.